The first-order valence-electron chi connectivity index (χ1n) is 5.07. The van der Waals surface area contributed by atoms with Crippen molar-refractivity contribution < 1.29 is 0 Å². The third-order valence-corrected chi connectivity index (χ3v) is 2.34. The van der Waals surface area contributed by atoms with Gasteiger partial charge in [-0.1, -0.05) is 12.2 Å². The smallest absolute Gasteiger partial charge is 0.0991 e. The molecule has 15 heavy (non-hydrogen) atoms. The number of nitrogens with two attached hydrogens (primary N) is 1. The number of nitrogens with zero attached hydrogens (tertiary/aromatic N) is 1. The van der Waals surface area contributed by atoms with Gasteiger partial charge in [-0.25, -0.2) is 0 Å². The Hall–Kier alpha value is -1.59. The molecule has 0 aliphatic rings. The minimum absolute atomic E-state index is 0.672. The van der Waals surface area contributed by atoms with Crippen LogP contribution in [0.2, 0.25) is 0 Å². The van der Waals surface area contributed by atoms with Crippen molar-refractivity contribution in [3.63, 3.8) is 0 Å². The average Bonchev–Trinajstić information content (AvgIpc) is 2.22. The molecule has 2 nitrogen and oxygen atoms in total. The first-order chi connectivity index (χ1) is 7.19. The highest BCUT2D eigenvalue weighted by Crippen LogP contribution is 2.17. The highest BCUT2D eigenvalue weighted by Gasteiger charge is 2.01. The average molecular weight is 200 g/mol. The second kappa shape index (κ2) is 5.33. The predicted molar refractivity (Wildman–Crippen MR) is 63.3 cm³/mol. The zero-order valence-corrected chi connectivity index (χ0v) is 9.25. The van der Waals surface area contributed by atoms with Gasteiger partial charge in [0.15, 0.2) is 0 Å². The van der Waals surface area contributed by atoms with Crippen molar-refractivity contribution in [2.24, 2.45) is 5.73 Å². The molecule has 0 unspecified atom stereocenters. The van der Waals surface area contributed by atoms with Gasteiger partial charge in [-0.2, -0.15) is 5.26 Å². The third-order valence-electron chi connectivity index (χ3n) is 2.34. The van der Waals surface area contributed by atoms with E-state index in [1.54, 1.807) is 0 Å². The maximum Gasteiger partial charge on any atom is 0.0991 e. The molecule has 2 N–H and O–H groups in total. The molecule has 0 radical (unpaired) electrons. The van der Waals surface area contributed by atoms with E-state index in [1.807, 2.05) is 26.0 Å². The molecule has 0 saturated carbocycles. The van der Waals surface area contributed by atoms with Gasteiger partial charge in [0.1, 0.15) is 0 Å². The van der Waals surface area contributed by atoms with Gasteiger partial charge in [0.2, 0.25) is 0 Å². The molecule has 0 aromatic heterocycles. The Morgan fingerprint density at radius 2 is 1.93 bits per heavy atom. The van der Waals surface area contributed by atoms with E-state index in [0.717, 1.165) is 23.1 Å². The molecule has 0 spiro atoms. The Labute approximate surface area is 91.0 Å². The summed E-state index contributed by atoms with van der Waals surface area (Å²) in [6.45, 7) is 4.72. The SMILES string of the molecule is Cc1cc(C#N)cc(C)c1C=CCCN. The Kier molecular flexibility index (Phi) is 4.08. The maximum absolute atomic E-state index is 8.81. The van der Waals surface area contributed by atoms with Crippen LogP contribution in [0.15, 0.2) is 18.2 Å². The number of aryl methyl sites for hydroxylation is 2. The summed E-state index contributed by atoms with van der Waals surface area (Å²) in [5.74, 6) is 0. The predicted octanol–water partition coefficient (Wildman–Crippen LogP) is 2.54. The van der Waals surface area contributed by atoms with E-state index in [-0.39, 0.29) is 0 Å². The summed E-state index contributed by atoms with van der Waals surface area (Å²) in [5.41, 5.74) is 9.62. The van der Waals surface area contributed by atoms with Crippen LogP contribution in [-0.2, 0) is 0 Å². The summed E-state index contributed by atoms with van der Waals surface area (Å²) in [6.07, 6.45) is 5.04. The fourth-order valence-corrected chi connectivity index (χ4v) is 1.60. The maximum atomic E-state index is 8.81. The lowest BCUT2D eigenvalue weighted by molar-refractivity contribution is 1.01. The molecule has 0 amide bonds. The van der Waals surface area contributed by atoms with Gasteiger partial charge in [-0.05, 0) is 55.6 Å². The van der Waals surface area contributed by atoms with Crippen LogP contribution in [-0.4, -0.2) is 6.54 Å². The van der Waals surface area contributed by atoms with Gasteiger partial charge in [-0.15, -0.1) is 0 Å². The molecule has 0 saturated heterocycles. The standard InChI is InChI=1S/C13H16N2/c1-10-7-12(9-15)8-11(2)13(10)5-3-4-6-14/h3,5,7-8H,4,6,14H2,1-2H3. The molecule has 1 aromatic carbocycles. The van der Waals surface area contributed by atoms with Crippen LogP contribution >= 0.6 is 0 Å². The summed E-state index contributed by atoms with van der Waals surface area (Å²) >= 11 is 0. The van der Waals surface area contributed by atoms with Crippen molar-refractivity contribution in [3.05, 3.63) is 40.5 Å². The number of rotatable bonds is 3. The molecular weight excluding hydrogens is 184 g/mol. The van der Waals surface area contributed by atoms with Crippen molar-refractivity contribution in [2.45, 2.75) is 20.3 Å². The first-order valence-corrected chi connectivity index (χ1v) is 5.07. The lowest BCUT2D eigenvalue weighted by Gasteiger charge is -2.05. The topological polar surface area (TPSA) is 49.8 Å². The van der Waals surface area contributed by atoms with Gasteiger partial charge >= 0.3 is 0 Å². The van der Waals surface area contributed by atoms with E-state index in [9.17, 15) is 0 Å². The van der Waals surface area contributed by atoms with Crippen LogP contribution in [0.1, 0.15) is 28.7 Å². The van der Waals surface area contributed by atoms with Gasteiger partial charge in [-0.3, -0.25) is 0 Å². The van der Waals surface area contributed by atoms with Crippen LogP contribution in [0.5, 0.6) is 0 Å². The normalized spacial score (nSPS) is 10.5. The van der Waals surface area contributed by atoms with Gasteiger partial charge in [0.25, 0.3) is 0 Å². The molecule has 0 aliphatic heterocycles. The molecule has 0 heterocycles. The number of nitriles is 1. The molecule has 0 atom stereocenters. The largest absolute Gasteiger partial charge is 0.330 e. The Bertz CT molecular complexity index is 388. The van der Waals surface area contributed by atoms with Gasteiger partial charge in [0.05, 0.1) is 11.6 Å². The highest BCUT2D eigenvalue weighted by molar-refractivity contribution is 5.59. The number of hydrogen-bond donors (Lipinski definition) is 1. The summed E-state index contributed by atoms with van der Waals surface area (Å²) in [7, 11) is 0. The number of benzene rings is 1. The zero-order valence-electron chi connectivity index (χ0n) is 9.25. The van der Waals surface area contributed by atoms with E-state index in [4.69, 9.17) is 11.0 Å². The summed E-state index contributed by atoms with van der Waals surface area (Å²) < 4.78 is 0. The Balaban J connectivity index is 3.04. The molecular formula is C13H16N2. The molecule has 1 aromatic rings. The molecule has 78 valence electrons. The molecule has 1 rings (SSSR count). The quantitative estimate of drug-likeness (QED) is 0.815. The van der Waals surface area contributed by atoms with Crippen molar-refractivity contribution in [3.8, 4) is 6.07 Å². The second-order valence-electron chi connectivity index (χ2n) is 3.62. The Morgan fingerprint density at radius 1 is 1.33 bits per heavy atom. The van der Waals surface area contributed by atoms with Crippen LogP contribution in [0, 0.1) is 25.2 Å². The van der Waals surface area contributed by atoms with Crippen LogP contribution in [0.3, 0.4) is 0 Å². The van der Waals surface area contributed by atoms with Crippen molar-refractivity contribution in [1.29, 1.82) is 5.26 Å². The summed E-state index contributed by atoms with van der Waals surface area (Å²) in [5, 5.41) is 8.81. The highest BCUT2D eigenvalue weighted by atomic mass is 14.5. The first kappa shape index (κ1) is 11.5. The molecule has 0 aliphatic carbocycles. The third kappa shape index (κ3) is 2.93. The summed E-state index contributed by atoms with van der Waals surface area (Å²) in [4.78, 5) is 0. The van der Waals surface area contributed by atoms with Crippen molar-refractivity contribution in [1.82, 2.24) is 0 Å². The van der Waals surface area contributed by atoms with Gasteiger partial charge < -0.3 is 5.73 Å². The minimum atomic E-state index is 0.672. The van der Waals surface area contributed by atoms with E-state index >= 15 is 0 Å². The van der Waals surface area contributed by atoms with Crippen LogP contribution in [0.4, 0.5) is 0 Å². The summed E-state index contributed by atoms with van der Waals surface area (Å²) in [6, 6.07) is 5.98. The van der Waals surface area contributed by atoms with Gasteiger partial charge in [0, 0.05) is 0 Å². The molecule has 2 heteroatoms. The Morgan fingerprint density at radius 3 is 2.40 bits per heavy atom. The fourth-order valence-electron chi connectivity index (χ4n) is 1.60. The minimum Gasteiger partial charge on any atom is -0.330 e. The monoisotopic (exact) mass is 200 g/mol. The lowest BCUT2D eigenvalue weighted by atomic mass is 9.99. The second-order valence-corrected chi connectivity index (χ2v) is 3.62. The lowest BCUT2D eigenvalue weighted by Crippen LogP contribution is -1.95. The van der Waals surface area contributed by atoms with E-state index in [1.165, 1.54) is 5.56 Å². The van der Waals surface area contributed by atoms with Crippen molar-refractivity contribution >= 4 is 6.08 Å². The number of hydrogen-bond acceptors (Lipinski definition) is 2. The zero-order chi connectivity index (χ0) is 11.3. The fraction of sp³-hybridized carbons (Fsp3) is 0.308. The van der Waals surface area contributed by atoms with E-state index < -0.39 is 0 Å². The van der Waals surface area contributed by atoms with Crippen molar-refractivity contribution in [2.75, 3.05) is 6.54 Å². The molecule has 0 fully saturated rings. The van der Waals surface area contributed by atoms with Crippen LogP contribution < -0.4 is 5.73 Å². The molecule has 0 bridgehead atoms. The van der Waals surface area contributed by atoms with Crippen LogP contribution in [0.25, 0.3) is 6.08 Å². The van der Waals surface area contributed by atoms with E-state index in [2.05, 4.69) is 18.2 Å². The van der Waals surface area contributed by atoms with E-state index in [0.29, 0.717) is 6.54 Å².